The van der Waals surface area contributed by atoms with Crippen LogP contribution in [0.5, 0.6) is 0 Å². The lowest BCUT2D eigenvalue weighted by atomic mass is 9.98. The molecule has 3 rings (SSSR count). The minimum atomic E-state index is -0.281. The Morgan fingerprint density at radius 2 is 2.00 bits per heavy atom. The third-order valence-corrected chi connectivity index (χ3v) is 4.35. The van der Waals surface area contributed by atoms with E-state index in [4.69, 9.17) is 5.73 Å². The maximum atomic E-state index is 13.0. The van der Waals surface area contributed by atoms with Crippen molar-refractivity contribution in [3.8, 4) is 0 Å². The number of benzene rings is 2. The standard InChI is InChI=1S/C19H22FN3O/c1-13(14-6-8-16(20)9-7-14)22-19(24)12-23-11-17(21)10-15-4-2-3-5-18(15)23/h2-9,13,17H,10-12,21H2,1H3,(H,22,24). The van der Waals surface area contributed by atoms with Gasteiger partial charge in [0.05, 0.1) is 12.6 Å². The summed E-state index contributed by atoms with van der Waals surface area (Å²) in [4.78, 5) is 14.4. The van der Waals surface area contributed by atoms with Crippen molar-refractivity contribution in [2.45, 2.75) is 25.4 Å². The van der Waals surface area contributed by atoms with Gasteiger partial charge in [0.1, 0.15) is 5.82 Å². The summed E-state index contributed by atoms with van der Waals surface area (Å²) in [6, 6.07) is 14.1. The Morgan fingerprint density at radius 1 is 1.29 bits per heavy atom. The zero-order valence-corrected chi connectivity index (χ0v) is 13.7. The molecule has 1 aliphatic heterocycles. The smallest absolute Gasteiger partial charge is 0.239 e. The molecule has 2 aromatic rings. The Bertz CT molecular complexity index is 717. The molecule has 0 fully saturated rings. The number of hydrogen-bond acceptors (Lipinski definition) is 3. The number of nitrogens with two attached hydrogens (primary N) is 1. The van der Waals surface area contributed by atoms with Crippen LogP contribution in [0, 0.1) is 5.82 Å². The van der Waals surface area contributed by atoms with Gasteiger partial charge in [0.2, 0.25) is 5.91 Å². The van der Waals surface area contributed by atoms with Gasteiger partial charge in [0.15, 0.2) is 0 Å². The molecule has 2 aromatic carbocycles. The molecule has 126 valence electrons. The summed E-state index contributed by atoms with van der Waals surface area (Å²) in [5, 5.41) is 2.96. The number of carbonyl (C=O) groups excluding carboxylic acids is 1. The van der Waals surface area contributed by atoms with Crippen LogP contribution in [0.2, 0.25) is 0 Å². The Hall–Kier alpha value is -2.40. The molecule has 0 aromatic heterocycles. The van der Waals surface area contributed by atoms with E-state index in [0.717, 1.165) is 17.7 Å². The lowest BCUT2D eigenvalue weighted by Crippen LogP contribution is -2.47. The van der Waals surface area contributed by atoms with Crippen LogP contribution in [0.1, 0.15) is 24.1 Å². The van der Waals surface area contributed by atoms with Gasteiger partial charge in [-0.05, 0) is 42.7 Å². The maximum Gasteiger partial charge on any atom is 0.239 e. The number of nitrogens with one attached hydrogen (secondary N) is 1. The first-order chi connectivity index (χ1) is 11.5. The highest BCUT2D eigenvalue weighted by Gasteiger charge is 2.23. The second-order valence-corrected chi connectivity index (χ2v) is 6.31. The fourth-order valence-corrected chi connectivity index (χ4v) is 3.17. The van der Waals surface area contributed by atoms with E-state index in [1.807, 2.05) is 30.0 Å². The topological polar surface area (TPSA) is 58.4 Å². The number of fused-ring (bicyclic) bond motifs is 1. The molecular weight excluding hydrogens is 305 g/mol. The molecule has 1 aliphatic rings. The van der Waals surface area contributed by atoms with Crippen LogP contribution in [0.25, 0.3) is 0 Å². The van der Waals surface area contributed by atoms with E-state index in [1.165, 1.54) is 17.7 Å². The fraction of sp³-hybridized carbons (Fsp3) is 0.316. The summed E-state index contributed by atoms with van der Waals surface area (Å²) < 4.78 is 13.0. The summed E-state index contributed by atoms with van der Waals surface area (Å²) in [5.41, 5.74) is 9.24. The van der Waals surface area contributed by atoms with E-state index in [0.29, 0.717) is 6.54 Å². The summed E-state index contributed by atoms with van der Waals surface area (Å²) in [5.74, 6) is -0.355. The molecule has 0 radical (unpaired) electrons. The number of para-hydroxylation sites is 1. The van der Waals surface area contributed by atoms with Crippen molar-refractivity contribution < 1.29 is 9.18 Å². The van der Waals surface area contributed by atoms with Crippen LogP contribution in [-0.2, 0) is 11.2 Å². The van der Waals surface area contributed by atoms with Gasteiger partial charge in [-0.1, -0.05) is 30.3 Å². The van der Waals surface area contributed by atoms with Crippen LogP contribution in [0.3, 0.4) is 0 Å². The molecule has 1 amide bonds. The lowest BCUT2D eigenvalue weighted by molar-refractivity contribution is -0.120. The number of anilines is 1. The van der Waals surface area contributed by atoms with E-state index in [1.54, 1.807) is 12.1 Å². The maximum absolute atomic E-state index is 13.0. The third kappa shape index (κ3) is 3.74. The number of rotatable bonds is 4. The van der Waals surface area contributed by atoms with E-state index < -0.39 is 0 Å². The Balaban J connectivity index is 1.65. The van der Waals surface area contributed by atoms with Gasteiger partial charge < -0.3 is 16.0 Å². The van der Waals surface area contributed by atoms with Gasteiger partial charge in [0, 0.05) is 18.3 Å². The van der Waals surface area contributed by atoms with E-state index in [2.05, 4.69) is 11.4 Å². The molecular formula is C19H22FN3O. The zero-order chi connectivity index (χ0) is 17.1. The van der Waals surface area contributed by atoms with Crippen LogP contribution in [-0.4, -0.2) is 25.0 Å². The van der Waals surface area contributed by atoms with Crippen LogP contribution < -0.4 is 16.0 Å². The fourth-order valence-electron chi connectivity index (χ4n) is 3.17. The van der Waals surface area contributed by atoms with Crippen LogP contribution in [0.15, 0.2) is 48.5 Å². The zero-order valence-electron chi connectivity index (χ0n) is 13.7. The van der Waals surface area contributed by atoms with Gasteiger partial charge in [-0.3, -0.25) is 4.79 Å². The molecule has 2 atom stereocenters. The normalized spacial score (nSPS) is 18.0. The first-order valence-electron chi connectivity index (χ1n) is 8.16. The van der Waals surface area contributed by atoms with Gasteiger partial charge >= 0.3 is 0 Å². The molecule has 2 unspecified atom stereocenters. The number of amides is 1. The van der Waals surface area contributed by atoms with E-state index in [9.17, 15) is 9.18 Å². The monoisotopic (exact) mass is 327 g/mol. The SMILES string of the molecule is CC(NC(=O)CN1CC(N)Cc2ccccc21)c1ccc(F)cc1. The highest BCUT2D eigenvalue weighted by atomic mass is 19.1. The number of hydrogen-bond donors (Lipinski definition) is 2. The lowest BCUT2D eigenvalue weighted by Gasteiger charge is -2.34. The molecule has 0 spiro atoms. The van der Waals surface area contributed by atoms with Crippen LogP contribution in [0.4, 0.5) is 10.1 Å². The van der Waals surface area contributed by atoms with Gasteiger partial charge in [-0.25, -0.2) is 4.39 Å². The number of nitrogens with zero attached hydrogens (tertiary/aromatic N) is 1. The number of carbonyl (C=O) groups is 1. The Kier molecular flexibility index (Phi) is 4.81. The van der Waals surface area contributed by atoms with Gasteiger partial charge in [-0.2, -0.15) is 0 Å². The van der Waals surface area contributed by atoms with Crippen molar-refractivity contribution in [2.75, 3.05) is 18.0 Å². The highest BCUT2D eigenvalue weighted by molar-refractivity contribution is 5.82. The third-order valence-electron chi connectivity index (χ3n) is 4.35. The predicted octanol–water partition coefficient (Wildman–Crippen LogP) is 2.39. The largest absolute Gasteiger partial charge is 0.360 e. The molecule has 0 saturated heterocycles. The summed E-state index contributed by atoms with van der Waals surface area (Å²) >= 11 is 0. The molecule has 24 heavy (non-hydrogen) atoms. The molecule has 5 heteroatoms. The van der Waals surface area contributed by atoms with Crippen molar-refractivity contribution in [1.29, 1.82) is 0 Å². The molecule has 0 saturated carbocycles. The van der Waals surface area contributed by atoms with Gasteiger partial charge in [0.25, 0.3) is 0 Å². The van der Waals surface area contributed by atoms with Gasteiger partial charge in [-0.15, -0.1) is 0 Å². The second kappa shape index (κ2) is 7.01. The van der Waals surface area contributed by atoms with E-state index in [-0.39, 0.29) is 30.4 Å². The van der Waals surface area contributed by atoms with Crippen molar-refractivity contribution in [3.63, 3.8) is 0 Å². The molecule has 4 nitrogen and oxygen atoms in total. The molecule has 3 N–H and O–H groups in total. The highest BCUT2D eigenvalue weighted by Crippen LogP contribution is 2.26. The quantitative estimate of drug-likeness (QED) is 0.906. The number of halogens is 1. The predicted molar refractivity (Wildman–Crippen MR) is 93.3 cm³/mol. The molecule has 1 heterocycles. The molecule has 0 bridgehead atoms. The minimum Gasteiger partial charge on any atom is -0.360 e. The van der Waals surface area contributed by atoms with Crippen molar-refractivity contribution in [1.82, 2.24) is 5.32 Å². The summed E-state index contributed by atoms with van der Waals surface area (Å²) in [7, 11) is 0. The summed E-state index contributed by atoms with van der Waals surface area (Å²) in [6.45, 7) is 2.81. The van der Waals surface area contributed by atoms with Crippen molar-refractivity contribution in [2.24, 2.45) is 5.73 Å². The Morgan fingerprint density at radius 3 is 2.75 bits per heavy atom. The second-order valence-electron chi connectivity index (χ2n) is 6.31. The van der Waals surface area contributed by atoms with Crippen LogP contribution >= 0.6 is 0 Å². The first kappa shape index (κ1) is 16.5. The average Bonchev–Trinajstić information content (AvgIpc) is 2.55. The first-order valence-corrected chi connectivity index (χ1v) is 8.16. The van der Waals surface area contributed by atoms with Crippen molar-refractivity contribution in [3.05, 3.63) is 65.5 Å². The molecule has 0 aliphatic carbocycles. The summed E-state index contributed by atoms with van der Waals surface area (Å²) in [6.07, 6.45) is 0.834. The van der Waals surface area contributed by atoms with Crippen molar-refractivity contribution >= 4 is 11.6 Å². The van der Waals surface area contributed by atoms with E-state index >= 15 is 0 Å². The average molecular weight is 327 g/mol. The Labute approximate surface area is 141 Å². The minimum absolute atomic E-state index is 0.0298.